The van der Waals surface area contributed by atoms with Gasteiger partial charge in [-0.1, -0.05) is 211 Å². The highest BCUT2D eigenvalue weighted by atomic mass is 15.0. The summed E-state index contributed by atoms with van der Waals surface area (Å²) in [6.45, 7) is 14.8. The first-order chi connectivity index (χ1) is 35.0. The molecule has 1 heterocycles. The number of aromatic nitrogens is 1. The molecule has 0 amide bonds. The fourth-order valence-corrected chi connectivity index (χ4v) is 14.2. The van der Waals surface area contributed by atoms with E-state index in [1.54, 1.807) is 0 Å². The van der Waals surface area contributed by atoms with Crippen LogP contribution in [0.5, 0.6) is 0 Å². The van der Waals surface area contributed by atoms with Crippen LogP contribution in [-0.4, -0.2) is 4.57 Å². The molecule has 1 aliphatic carbocycles. The molecule has 0 fully saturated rings. The second-order valence-corrected chi connectivity index (χ2v) is 22.4. The van der Waals surface area contributed by atoms with E-state index in [1.165, 1.54) is 137 Å². The van der Waals surface area contributed by atoms with E-state index in [0.29, 0.717) is 0 Å². The van der Waals surface area contributed by atoms with Gasteiger partial charge < -0.3 is 4.57 Å². The first-order valence-corrected chi connectivity index (χ1v) is 25.7. The highest BCUT2D eigenvalue weighted by molar-refractivity contribution is 6.23. The highest BCUT2D eigenvalue weighted by Gasteiger charge is 2.58. The largest absolute Gasteiger partial charge is 0.309 e. The van der Waals surface area contributed by atoms with E-state index >= 15 is 0 Å². The third-order valence-electron chi connectivity index (χ3n) is 16.6. The summed E-state index contributed by atoms with van der Waals surface area (Å²) in [6, 6.07) is 84.5. The Morgan fingerprint density at radius 3 is 1.40 bits per heavy atom. The molecule has 0 saturated heterocycles. The minimum atomic E-state index is -0.278. The van der Waals surface area contributed by atoms with Gasteiger partial charge in [-0.3, -0.25) is 0 Å². The zero-order valence-corrected chi connectivity index (χ0v) is 41.8. The number of benzene rings is 12. The lowest BCUT2D eigenvalue weighted by atomic mass is 9.49. The summed E-state index contributed by atoms with van der Waals surface area (Å²) in [6.07, 6.45) is 0. The number of hydrogen-bond acceptors (Lipinski definition) is 0. The van der Waals surface area contributed by atoms with Crippen LogP contribution in [0.25, 0.3) is 126 Å². The number of rotatable bonds is 4. The van der Waals surface area contributed by atoms with Crippen LogP contribution in [0.1, 0.15) is 52.7 Å². The summed E-state index contributed by atoms with van der Waals surface area (Å²) in [5.74, 6) is 0. The van der Waals surface area contributed by atoms with Crippen LogP contribution in [0, 0.1) is 10.8 Å². The number of para-hydroxylation sites is 2. The van der Waals surface area contributed by atoms with Crippen molar-refractivity contribution in [1.82, 2.24) is 4.57 Å². The summed E-state index contributed by atoms with van der Waals surface area (Å²) in [5, 5.41) is 15.5. The van der Waals surface area contributed by atoms with Crippen molar-refractivity contribution in [3.63, 3.8) is 0 Å². The predicted octanol–water partition coefficient (Wildman–Crippen LogP) is 19.9. The maximum Gasteiger partial charge on any atom is 0.0541 e. The Morgan fingerprint density at radius 1 is 0.306 bits per heavy atom. The van der Waals surface area contributed by atoms with Gasteiger partial charge in [0.05, 0.1) is 11.0 Å². The lowest BCUT2D eigenvalue weighted by Gasteiger charge is -2.53. The fraction of sp³-hybridized carbons (Fsp3) is 0.127. The topological polar surface area (TPSA) is 4.93 Å². The van der Waals surface area contributed by atoms with Crippen molar-refractivity contribution in [3.05, 3.63) is 236 Å². The normalized spacial score (nSPS) is 13.5. The molecule has 344 valence electrons. The maximum atomic E-state index is 2.58. The summed E-state index contributed by atoms with van der Waals surface area (Å²) < 4.78 is 2.40. The molecule has 0 spiro atoms. The van der Waals surface area contributed by atoms with Crippen molar-refractivity contribution in [2.45, 2.75) is 47.0 Å². The Morgan fingerprint density at radius 2 is 0.778 bits per heavy atom. The van der Waals surface area contributed by atoms with E-state index < -0.39 is 0 Å². The van der Waals surface area contributed by atoms with E-state index in [0.717, 1.165) is 0 Å². The molecule has 1 heteroatoms. The van der Waals surface area contributed by atoms with E-state index in [9.17, 15) is 0 Å². The molecular weight excluding hydrogens is 867 g/mol. The summed E-state index contributed by atoms with van der Waals surface area (Å²) >= 11 is 0. The van der Waals surface area contributed by atoms with Gasteiger partial charge in [0.2, 0.25) is 0 Å². The Hall–Kier alpha value is -8.26. The average Bonchev–Trinajstić information content (AvgIpc) is 3.91. The van der Waals surface area contributed by atoms with Crippen molar-refractivity contribution < 1.29 is 0 Å². The van der Waals surface area contributed by atoms with Gasteiger partial charge in [0.25, 0.3) is 0 Å². The highest BCUT2D eigenvalue weighted by Crippen LogP contribution is 2.67. The smallest absolute Gasteiger partial charge is 0.0541 e. The van der Waals surface area contributed by atoms with Crippen molar-refractivity contribution in [2.75, 3.05) is 0 Å². The Labute approximate surface area is 421 Å². The molecule has 0 unspecified atom stereocenters. The third-order valence-corrected chi connectivity index (χ3v) is 16.6. The van der Waals surface area contributed by atoms with E-state index in [-0.39, 0.29) is 16.2 Å². The molecule has 1 aliphatic rings. The number of fused-ring (bicyclic) bond motifs is 14. The molecule has 0 atom stereocenters. The average molecular weight is 922 g/mol. The summed E-state index contributed by atoms with van der Waals surface area (Å²) in [5.41, 5.74) is 16.2. The Balaban J connectivity index is 0.944. The van der Waals surface area contributed by atoms with Gasteiger partial charge in [0.15, 0.2) is 0 Å². The molecule has 13 aromatic rings. The molecule has 14 rings (SSSR count). The van der Waals surface area contributed by atoms with Gasteiger partial charge >= 0.3 is 0 Å². The first-order valence-electron chi connectivity index (χ1n) is 25.7. The zero-order chi connectivity index (χ0) is 48.7. The molecule has 72 heavy (non-hydrogen) atoms. The SMILES string of the molecule is CC(C)(C)C1(C(C)(C)C)c2cc3cc(-c4cccc(-c5c6ccccc6c(-c6ccc7c(c6)c6ccccc6n7-c6ccccc6)c6ccccc56)c4)ccc3cc2-c2c1c1ccccc1c1ccccc21. The van der Waals surface area contributed by atoms with Gasteiger partial charge in [-0.15, -0.1) is 0 Å². The van der Waals surface area contributed by atoms with E-state index in [4.69, 9.17) is 0 Å². The van der Waals surface area contributed by atoms with Gasteiger partial charge in [-0.25, -0.2) is 0 Å². The van der Waals surface area contributed by atoms with E-state index in [1.807, 2.05) is 0 Å². The van der Waals surface area contributed by atoms with Crippen LogP contribution < -0.4 is 0 Å². The molecule has 1 aromatic heterocycles. The summed E-state index contributed by atoms with van der Waals surface area (Å²) in [4.78, 5) is 0. The van der Waals surface area contributed by atoms with Gasteiger partial charge in [0.1, 0.15) is 0 Å². The lowest BCUT2D eigenvalue weighted by molar-refractivity contribution is 0.0965. The van der Waals surface area contributed by atoms with Crippen molar-refractivity contribution in [3.8, 4) is 50.2 Å². The predicted molar refractivity (Wildman–Crippen MR) is 310 cm³/mol. The first kappa shape index (κ1) is 42.6. The van der Waals surface area contributed by atoms with Gasteiger partial charge in [0, 0.05) is 21.9 Å². The molecule has 0 radical (unpaired) electrons. The summed E-state index contributed by atoms with van der Waals surface area (Å²) in [7, 11) is 0. The number of hydrogen-bond donors (Lipinski definition) is 0. The second kappa shape index (κ2) is 15.4. The monoisotopic (exact) mass is 921 g/mol. The van der Waals surface area contributed by atoms with Crippen LogP contribution in [-0.2, 0) is 5.41 Å². The van der Waals surface area contributed by atoms with Crippen LogP contribution in [0.4, 0.5) is 0 Å². The molecule has 0 bridgehead atoms. The molecule has 0 N–H and O–H groups in total. The van der Waals surface area contributed by atoms with Crippen LogP contribution in [0.3, 0.4) is 0 Å². The van der Waals surface area contributed by atoms with Crippen molar-refractivity contribution >= 4 is 75.7 Å². The fourth-order valence-electron chi connectivity index (χ4n) is 14.2. The van der Waals surface area contributed by atoms with Crippen LogP contribution in [0.2, 0.25) is 0 Å². The molecule has 0 aliphatic heterocycles. The molecule has 12 aromatic carbocycles. The lowest BCUT2D eigenvalue weighted by Crippen LogP contribution is -2.50. The quantitative estimate of drug-likeness (QED) is 0.122. The minimum absolute atomic E-state index is 0.104. The van der Waals surface area contributed by atoms with Crippen LogP contribution in [0.15, 0.2) is 224 Å². The Bertz CT molecular complexity index is 4330. The number of nitrogens with zero attached hydrogens (tertiary/aromatic N) is 1. The van der Waals surface area contributed by atoms with Crippen LogP contribution >= 0.6 is 0 Å². The van der Waals surface area contributed by atoms with Gasteiger partial charge in [-0.05, 0) is 175 Å². The van der Waals surface area contributed by atoms with Crippen molar-refractivity contribution in [1.29, 1.82) is 0 Å². The second-order valence-electron chi connectivity index (χ2n) is 22.4. The van der Waals surface area contributed by atoms with Gasteiger partial charge in [-0.2, -0.15) is 0 Å². The minimum Gasteiger partial charge on any atom is -0.309 e. The molecule has 0 saturated carbocycles. The molecular formula is C71H55N. The maximum absolute atomic E-state index is 2.58. The third kappa shape index (κ3) is 5.88. The molecule has 1 nitrogen and oxygen atoms in total. The van der Waals surface area contributed by atoms with Crippen molar-refractivity contribution in [2.24, 2.45) is 10.8 Å². The van der Waals surface area contributed by atoms with E-state index in [2.05, 4.69) is 271 Å². The Kier molecular flexibility index (Phi) is 9.09. The standard InChI is InChI=1S/C71H55N/c1-69(2,3)71(70(4,5)6)62-43-49-40-45(35-36-46(49)41-61(62)67-54-28-12-10-25-51(54)52-26-11-17-33-59(52)68(67)71)44-21-20-22-47(39-44)65-55-29-13-15-31-57(55)66(58-32-16-14-30-56(58)65)48-37-38-64-60(42-48)53-27-18-19-34-63(53)72(64)50-23-8-7-9-24-50/h7-43H,1-6H3. The zero-order valence-electron chi connectivity index (χ0n) is 41.8.